The van der Waals surface area contributed by atoms with Gasteiger partial charge in [-0.05, 0) is 19.5 Å². The number of unbranched alkanes of at least 4 members (excludes halogenated alkanes) is 1. The number of carboxylic acid groups (broad SMARTS) is 1. The maximum atomic E-state index is 11.4. The molecule has 0 aliphatic heterocycles. The largest absolute Gasteiger partial charge is 0.477 e. The van der Waals surface area contributed by atoms with Crippen LogP contribution in [0, 0.1) is 0 Å². The molecule has 5 heteroatoms. The summed E-state index contributed by atoms with van der Waals surface area (Å²) in [6.45, 7) is 13.5. The maximum Gasteiger partial charge on any atom is 0.347 e. The second-order valence-corrected chi connectivity index (χ2v) is 7.46. The van der Waals surface area contributed by atoms with Crippen LogP contribution in [0.3, 0.4) is 0 Å². The van der Waals surface area contributed by atoms with Crippen molar-refractivity contribution in [3.63, 3.8) is 0 Å². The highest BCUT2D eigenvalue weighted by atomic mass is 32.1. The third-order valence-corrected chi connectivity index (χ3v) is 4.60. The molecule has 0 fully saturated rings. The van der Waals surface area contributed by atoms with Crippen LogP contribution in [0.4, 0.5) is 0 Å². The smallest absolute Gasteiger partial charge is 0.347 e. The fraction of sp³-hybridized carbons (Fsp3) is 0.750. The molecule has 0 amide bonds. The number of rotatable bonds is 8. The van der Waals surface area contributed by atoms with Gasteiger partial charge in [0, 0.05) is 18.4 Å². The van der Waals surface area contributed by atoms with Gasteiger partial charge in [0.05, 0.1) is 10.7 Å². The van der Waals surface area contributed by atoms with Crippen molar-refractivity contribution in [1.29, 1.82) is 0 Å². The summed E-state index contributed by atoms with van der Waals surface area (Å²) in [7, 11) is 0. The molecule has 0 atom stereocenters. The van der Waals surface area contributed by atoms with E-state index in [0.717, 1.165) is 31.1 Å². The van der Waals surface area contributed by atoms with Gasteiger partial charge in [-0.2, -0.15) is 0 Å². The number of hydrogen-bond acceptors (Lipinski definition) is 4. The van der Waals surface area contributed by atoms with E-state index in [2.05, 4.69) is 23.7 Å². The van der Waals surface area contributed by atoms with Crippen molar-refractivity contribution in [3.05, 3.63) is 15.6 Å². The monoisotopic (exact) mass is 312 g/mol. The first-order valence-corrected chi connectivity index (χ1v) is 8.57. The standard InChI is InChI=1S/C16H28N2O2S/c1-6-8-10-18(7-2)11-9-12-17-14(16(3,4)5)13(21-12)15(19)20/h6-11H2,1-5H3,(H,19,20). The number of aromatic nitrogens is 1. The van der Waals surface area contributed by atoms with Crippen LogP contribution in [0.25, 0.3) is 0 Å². The molecule has 0 radical (unpaired) electrons. The molecule has 120 valence electrons. The Kier molecular flexibility index (Phi) is 6.81. The van der Waals surface area contributed by atoms with Gasteiger partial charge in [0.15, 0.2) is 0 Å². The SMILES string of the molecule is CCCCN(CC)CCc1nc(C(C)(C)C)c(C(=O)O)s1. The molecule has 0 aromatic carbocycles. The summed E-state index contributed by atoms with van der Waals surface area (Å²) < 4.78 is 0. The van der Waals surface area contributed by atoms with E-state index < -0.39 is 5.97 Å². The molecule has 1 rings (SSSR count). The molecule has 0 aliphatic rings. The molecule has 21 heavy (non-hydrogen) atoms. The zero-order valence-electron chi connectivity index (χ0n) is 13.9. The average Bonchev–Trinajstić information content (AvgIpc) is 2.83. The van der Waals surface area contributed by atoms with Gasteiger partial charge in [-0.15, -0.1) is 11.3 Å². The lowest BCUT2D eigenvalue weighted by Gasteiger charge is -2.19. The summed E-state index contributed by atoms with van der Waals surface area (Å²) in [4.78, 5) is 18.8. The minimum Gasteiger partial charge on any atom is -0.477 e. The molecule has 0 saturated heterocycles. The highest BCUT2D eigenvalue weighted by Gasteiger charge is 2.26. The molecule has 0 aliphatic carbocycles. The summed E-state index contributed by atoms with van der Waals surface area (Å²) in [6, 6.07) is 0. The van der Waals surface area contributed by atoms with Gasteiger partial charge in [-0.25, -0.2) is 9.78 Å². The fourth-order valence-electron chi connectivity index (χ4n) is 2.19. The Morgan fingerprint density at radius 1 is 1.29 bits per heavy atom. The van der Waals surface area contributed by atoms with Crippen molar-refractivity contribution in [2.75, 3.05) is 19.6 Å². The van der Waals surface area contributed by atoms with Gasteiger partial charge in [0.25, 0.3) is 0 Å². The molecule has 0 bridgehead atoms. The third kappa shape index (κ3) is 5.40. The lowest BCUT2D eigenvalue weighted by Crippen LogP contribution is -2.26. The molecule has 0 saturated carbocycles. The van der Waals surface area contributed by atoms with Gasteiger partial charge in [0.2, 0.25) is 0 Å². The minimum absolute atomic E-state index is 0.227. The Hall–Kier alpha value is -0.940. The molecular weight excluding hydrogens is 284 g/mol. The average molecular weight is 312 g/mol. The minimum atomic E-state index is -0.859. The van der Waals surface area contributed by atoms with Crippen LogP contribution >= 0.6 is 11.3 Å². The van der Waals surface area contributed by atoms with E-state index in [4.69, 9.17) is 0 Å². The zero-order chi connectivity index (χ0) is 16.0. The van der Waals surface area contributed by atoms with Crippen LogP contribution in [0.5, 0.6) is 0 Å². The summed E-state index contributed by atoms with van der Waals surface area (Å²) >= 11 is 1.33. The van der Waals surface area contributed by atoms with Gasteiger partial charge < -0.3 is 10.0 Å². The predicted octanol–water partition coefficient (Wildman–Crippen LogP) is 3.80. The highest BCUT2D eigenvalue weighted by Crippen LogP contribution is 2.29. The quantitative estimate of drug-likeness (QED) is 0.793. The lowest BCUT2D eigenvalue weighted by atomic mass is 9.91. The molecule has 0 unspecified atom stereocenters. The Morgan fingerprint density at radius 3 is 2.38 bits per heavy atom. The number of carbonyl (C=O) groups is 1. The van der Waals surface area contributed by atoms with E-state index in [9.17, 15) is 9.90 Å². The number of thiazole rings is 1. The van der Waals surface area contributed by atoms with Crippen molar-refractivity contribution in [3.8, 4) is 0 Å². The molecular formula is C16H28N2O2S. The number of likely N-dealkylation sites (N-methyl/N-ethyl adjacent to an activating group) is 1. The summed E-state index contributed by atoms with van der Waals surface area (Å²) in [6.07, 6.45) is 3.24. The number of hydrogen-bond donors (Lipinski definition) is 1. The topological polar surface area (TPSA) is 53.4 Å². The Labute approximate surface area is 132 Å². The van der Waals surface area contributed by atoms with E-state index >= 15 is 0 Å². The second-order valence-electron chi connectivity index (χ2n) is 6.38. The maximum absolute atomic E-state index is 11.4. The van der Waals surface area contributed by atoms with Gasteiger partial charge in [-0.1, -0.05) is 41.0 Å². The predicted molar refractivity (Wildman–Crippen MR) is 88.5 cm³/mol. The third-order valence-electron chi connectivity index (χ3n) is 3.49. The van der Waals surface area contributed by atoms with Crippen molar-refractivity contribution >= 4 is 17.3 Å². The first kappa shape index (κ1) is 18.1. The van der Waals surface area contributed by atoms with Crippen LogP contribution in [0.2, 0.25) is 0 Å². The summed E-state index contributed by atoms with van der Waals surface area (Å²) in [5, 5.41) is 10.3. The highest BCUT2D eigenvalue weighted by molar-refractivity contribution is 7.13. The normalized spacial score (nSPS) is 12.1. The first-order valence-electron chi connectivity index (χ1n) is 7.75. The summed E-state index contributed by atoms with van der Waals surface area (Å²) in [5.41, 5.74) is 0.487. The molecule has 1 N–H and O–H groups in total. The van der Waals surface area contributed by atoms with Gasteiger partial charge >= 0.3 is 5.97 Å². The van der Waals surface area contributed by atoms with E-state index in [-0.39, 0.29) is 5.41 Å². The van der Waals surface area contributed by atoms with Crippen LogP contribution in [0.15, 0.2) is 0 Å². The van der Waals surface area contributed by atoms with Crippen molar-refractivity contribution in [2.45, 2.75) is 59.3 Å². The van der Waals surface area contributed by atoms with Crippen molar-refractivity contribution < 1.29 is 9.90 Å². The summed E-state index contributed by atoms with van der Waals surface area (Å²) in [5.74, 6) is -0.859. The number of carboxylic acids is 1. The van der Waals surface area contributed by atoms with Crippen molar-refractivity contribution in [2.24, 2.45) is 0 Å². The van der Waals surface area contributed by atoms with E-state index in [0.29, 0.717) is 10.6 Å². The molecule has 4 nitrogen and oxygen atoms in total. The van der Waals surface area contributed by atoms with Crippen LogP contribution < -0.4 is 0 Å². The van der Waals surface area contributed by atoms with Gasteiger partial charge in [-0.3, -0.25) is 0 Å². The number of aromatic carboxylic acids is 1. The second kappa shape index (κ2) is 7.90. The van der Waals surface area contributed by atoms with Gasteiger partial charge in [0.1, 0.15) is 4.88 Å². The lowest BCUT2D eigenvalue weighted by molar-refractivity contribution is 0.0699. The molecule has 1 aromatic heterocycles. The van der Waals surface area contributed by atoms with E-state index in [1.807, 2.05) is 20.8 Å². The van der Waals surface area contributed by atoms with E-state index in [1.54, 1.807) is 0 Å². The van der Waals surface area contributed by atoms with Crippen LogP contribution in [-0.4, -0.2) is 40.6 Å². The van der Waals surface area contributed by atoms with Crippen LogP contribution in [-0.2, 0) is 11.8 Å². The molecule has 1 heterocycles. The Morgan fingerprint density at radius 2 is 1.95 bits per heavy atom. The molecule has 0 spiro atoms. The number of nitrogens with zero attached hydrogens (tertiary/aromatic N) is 2. The van der Waals surface area contributed by atoms with Crippen molar-refractivity contribution in [1.82, 2.24) is 9.88 Å². The Bertz CT molecular complexity index is 463. The van der Waals surface area contributed by atoms with E-state index in [1.165, 1.54) is 24.2 Å². The fourth-order valence-corrected chi connectivity index (χ4v) is 3.29. The zero-order valence-corrected chi connectivity index (χ0v) is 14.7. The Balaban J connectivity index is 2.78. The molecule has 1 aromatic rings. The first-order chi connectivity index (χ1) is 9.79. The van der Waals surface area contributed by atoms with Crippen LogP contribution in [0.1, 0.15) is 67.8 Å².